The molecule has 0 saturated heterocycles. The van der Waals surface area contributed by atoms with Crippen molar-refractivity contribution in [1.29, 1.82) is 0 Å². The summed E-state index contributed by atoms with van der Waals surface area (Å²) in [7, 11) is -0.896. The van der Waals surface area contributed by atoms with Gasteiger partial charge in [0.15, 0.2) is 0 Å². The molecule has 0 N–H and O–H groups in total. The van der Waals surface area contributed by atoms with Crippen LogP contribution in [0.25, 0.3) is 0 Å². The molecule has 0 rings (SSSR count). The van der Waals surface area contributed by atoms with E-state index in [1.807, 2.05) is 0 Å². The van der Waals surface area contributed by atoms with E-state index in [1.165, 1.54) is 96.3 Å². The van der Waals surface area contributed by atoms with Gasteiger partial charge in [0, 0.05) is 0 Å². The Balaban J connectivity index is 3.56. The predicted octanol–water partition coefficient (Wildman–Crippen LogP) is 9.06. The summed E-state index contributed by atoms with van der Waals surface area (Å²) in [4.78, 5) is 0. The van der Waals surface area contributed by atoms with Crippen molar-refractivity contribution in [3.8, 4) is 0 Å². The van der Waals surface area contributed by atoms with Crippen molar-refractivity contribution in [2.24, 2.45) is 0 Å². The molecule has 0 aliphatic rings. The zero-order chi connectivity index (χ0) is 18.6. The normalized spacial score (nSPS) is 12.6. The molecule has 0 aliphatic carbocycles. The summed E-state index contributed by atoms with van der Waals surface area (Å²) in [5.41, 5.74) is 0. The molecule has 25 heavy (non-hydrogen) atoms. The minimum atomic E-state index is -0.896. The quantitative estimate of drug-likeness (QED) is 0.148. The van der Waals surface area contributed by atoms with Crippen LogP contribution < -0.4 is 0 Å². The minimum absolute atomic E-state index is 0.896. The van der Waals surface area contributed by atoms with Gasteiger partial charge in [0.25, 0.3) is 0 Å². The second-order valence-electron chi connectivity index (χ2n) is 8.74. The molecule has 0 aromatic carbocycles. The van der Waals surface area contributed by atoms with E-state index in [-0.39, 0.29) is 0 Å². The van der Waals surface area contributed by atoms with Crippen LogP contribution in [0.5, 0.6) is 0 Å². The van der Waals surface area contributed by atoms with Crippen LogP contribution in [0.4, 0.5) is 0 Å². The Morgan fingerprint density at radius 2 is 0.640 bits per heavy atom. The number of hydrogen-bond acceptors (Lipinski definition) is 0. The first-order valence-corrected chi connectivity index (χ1v) is 15.1. The molecule has 0 radical (unpaired) electrons. The van der Waals surface area contributed by atoms with Crippen molar-refractivity contribution in [3.05, 3.63) is 0 Å². The summed E-state index contributed by atoms with van der Waals surface area (Å²) in [5.74, 6) is 0. The van der Waals surface area contributed by atoms with Crippen LogP contribution in [-0.2, 0) is 0 Å². The topological polar surface area (TPSA) is 0 Å². The third-order valence-electron chi connectivity index (χ3n) is 6.15. The van der Waals surface area contributed by atoms with Gasteiger partial charge in [-0.1, -0.05) is 19.8 Å². The first-order chi connectivity index (χ1) is 12.2. The molecule has 0 atom stereocenters. The molecule has 0 aromatic rings. The second-order valence-corrected chi connectivity index (χ2v) is 13.7. The summed E-state index contributed by atoms with van der Waals surface area (Å²) in [6, 6.07) is 0. The van der Waals surface area contributed by atoms with E-state index >= 15 is 0 Å². The van der Waals surface area contributed by atoms with Gasteiger partial charge in [-0.15, -0.1) is 0 Å². The van der Waals surface area contributed by atoms with E-state index in [0.29, 0.717) is 0 Å². The zero-order valence-electron chi connectivity index (χ0n) is 18.6. The second kappa shape index (κ2) is 19.2. The van der Waals surface area contributed by atoms with Crippen molar-refractivity contribution in [2.45, 2.75) is 130 Å². The van der Waals surface area contributed by atoms with E-state index in [4.69, 9.17) is 0 Å². The maximum atomic E-state index is 2.41. The summed E-state index contributed by atoms with van der Waals surface area (Å²) >= 11 is 0. The number of rotatable bonds is 20. The van der Waals surface area contributed by atoms with Crippen LogP contribution in [0, 0.1) is 0 Å². The summed E-state index contributed by atoms with van der Waals surface area (Å²) in [6.45, 7) is 9.55. The van der Waals surface area contributed by atoms with Crippen LogP contribution in [0.3, 0.4) is 0 Å². The molecule has 0 aromatic heterocycles. The molecule has 0 spiro atoms. The third-order valence-corrected chi connectivity index (χ3v) is 12.2. The average molecular weight is 373 g/mol. The van der Waals surface area contributed by atoms with Gasteiger partial charge in [-0.3, -0.25) is 0 Å². The van der Waals surface area contributed by atoms with E-state index in [0.717, 1.165) is 0 Å². The van der Waals surface area contributed by atoms with Crippen LogP contribution >= 0.6 is 7.26 Å². The molecule has 0 saturated carbocycles. The van der Waals surface area contributed by atoms with Gasteiger partial charge in [0.1, 0.15) is 0 Å². The average Bonchev–Trinajstić information content (AvgIpc) is 2.60. The van der Waals surface area contributed by atoms with Gasteiger partial charge < -0.3 is 0 Å². The van der Waals surface area contributed by atoms with Crippen LogP contribution in [0.2, 0.25) is 0 Å². The zero-order valence-corrected chi connectivity index (χ0v) is 19.6. The van der Waals surface area contributed by atoms with Crippen LogP contribution in [0.1, 0.15) is 130 Å². The van der Waals surface area contributed by atoms with Gasteiger partial charge in [-0.25, -0.2) is 0 Å². The van der Waals surface area contributed by atoms with Crippen molar-refractivity contribution in [1.82, 2.24) is 0 Å². The standard InChI is InChI=1S/C24H53P/c1-5-9-10-11-12-13-14-15-16-17-18-19-20-24-25(21-6-2,22-7-3)23-8-4/h25H,5-24H2,1-4H3. The number of unbranched alkanes of at least 4 members (excludes halogenated alkanes) is 12. The van der Waals surface area contributed by atoms with Crippen LogP contribution in [0.15, 0.2) is 0 Å². The molecule has 0 bridgehead atoms. The Kier molecular flexibility index (Phi) is 19.5. The van der Waals surface area contributed by atoms with Gasteiger partial charge in [-0.2, -0.15) is 0 Å². The summed E-state index contributed by atoms with van der Waals surface area (Å²) in [5, 5.41) is 0. The Morgan fingerprint density at radius 3 is 0.960 bits per heavy atom. The Labute approximate surface area is 162 Å². The molecule has 0 fully saturated rings. The van der Waals surface area contributed by atoms with Gasteiger partial charge in [-0.05, 0) is 0 Å². The van der Waals surface area contributed by atoms with Crippen molar-refractivity contribution in [3.63, 3.8) is 0 Å². The number of hydrogen-bond donors (Lipinski definition) is 0. The molecule has 0 aliphatic heterocycles. The fourth-order valence-electron chi connectivity index (χ4n) is 4.86. The Morgan fingerprint density at radius 1 is 0.320 bits per heavy atom. The van der Waals surface area contributed by atoms with Crippen molar-refractivity contribution >= 4 is 7.26 Å². The van der Waals surface area contributed by atoms with Gasteiger partial charge in [0.05, 0.1) is 0 Å². The third kappa shape index (κ3) is 15.2. The van der Waals surface area contributed by atoms with E-state index < -0.39 is 7.26 Å². The molecule has 0 heterocycles. The SMILES string of the molecule is CCCCCCCCCCCCCCC[PH](CCC)(CCC)CCC. The molecule has 0 amide bonds. The van der Waals surface area contributed by atoms with E-state index in [2.05, 4.69) is 27.7 Å². The Bertz CT molecular complexity index is 231. The van der Waals surface area contributed by atoms with E-state index in [1.54, 1.807) is 31.1 Å². The van der Waals surface area contributed by atoms with Crippen LogP contribution in [-0.4, -0.2) is 24.6 Å². The monoisotopic (exact) mass is 372 g/mol. The van der Waals surface area contributed by atoms with Crippen molar-refractivity contribution < 1.29 is 0 Å². The van der Waals surface area contributed by atoms with E-state index in [9.17, 15) is 0 Å². The van der Waals surface area contributed by atoms with Gasteiger partial charge >= 0.3 is 143 Å². The first-order valence-electron chi connectivity index (χ1n) is 12.2. The fraction of sp³-hybridized carbons (Fsp3) is 1.00. The maximum absolute atomic E-state index is 2.41. The summed E-state index contributed by atoms with van der Waals surface area (Å²) in [6.07, 6.45) is 30.0. The molecular formula is C24H53P. The fourth-order valence-corrected chi connectivity index (χ4v) is 10.5. The predicted molar refractivity (Wildman–Crippen MR) is 124 cm³/mol. The first kappa shape index (κ1) is 25.4. The molecule has 0 nitrogen and oxygen atoms in total. The molecule has 0 unspecified atom stereocenters. The molecular weight excluding hydrogens is 319 g/mol. The van der Waals surface area contributed by atoms with Gasteiger partial charge in [0.2, 0.25) is 0 Å². The molecule has 1 heteroatoms. The summed E-state index contributed by atoms with van der Waals surface area (Å²) < 4.78 is 0. The van der Waals surface area contributed by atoms with Crippen molar-refractivity contribution in [2.75, 3.05) is 24.6 Å². The molecule has 154 valence electrons. The Hall–Kier alpha value is 0.430.